The minimum atomic E-state index is 0.0852. The lowest BCUT2D eigenvalue weighted by Gasteiger charge is -2.21. The first-order chi connectivity index (χ1) is 10.8. The van der Waals surface area contributed by atoms with Crippen LogP contribution in [0.25, 0.3) is 0 Å². The maximum atomic E-state index is 9.02. The molecule has 2 atom stereocenters. The zero-order valence-electron chi connectivity index (χ0n) is 12.0. The molecule has 0 N–H and O–H groups in total. The van der Waals surface area contributed by atoms with Gasteiger partial charge in [-0.3, -0.25) is 0 Å². The van der Waals surface area contributed by atoms with E-state index in [1.54, 1.807) is 18.5 Å². The van der Waals surface area contributed by atoms with Crippen molar-refractivity contribution in [1.82, 2.24) is 9.97 Å². The third-order valence-electron chi connectivity index (χ3n) is 4.48. The van der Waals surface area contributed by atoms with Gasteiger partial charge in [-0.15, -0.1) is 0 Å². The topological polar surface area (TPSA) is 52.8 Å². The minimum Gasteiger partial charge on any atom is -0.370 e. The van der Waals surface area contributed by atoms with Crippen LogP contribution in [0.15, 0.2) is 42.7 Å². The Hall–Kier alpha value is -2.85. The van der Waals surface area contributed by atoms with Crippen LogP contribution < -0.4 is 4.90 Å². The quantitative estimate of drug-likeness (QED) is 0.754. The Morgan fingerprint density at radius 2 is 2.09 bits per heavy atom. The molecule has 2 aromatic rings. The smallest absolute Gasteiger partial charge is 0.204 e. The van der Waals surface area contributed by atoms with Gasteiger partial charge in [-0.1, -0.05) is 12.0 Å². The van der Waals surface area contributed by atoms with Crippen molar-refractivity contribution in [2.24, 2.45) is 11.3 Å². The van der Waals surface area contributed by atoms with Gasteiger partial charge >= 0.3 is 0 Å². The molecule has 0 radical (unpaired) electrons. The van der Waals surface area contributed by atoms with Gasteiger partial charge in [0.1, 0.15) is 0 Å². The maximum Gasteiger partial charge on any atom is 0.204 e. The molecule has 2 aliphatic rings. The normalized spacial score (nSPS) is 24.9. The first kappa shape index (κ1) is 12.9. The number of nitrogens with zero attached hydrogens (tertiary/aromatic N) is 4. The zero-order chi connectivity index (χ0) is 15.0. The van der Waals surface area contributed by atoms with Gasteiger partial charge in [-0.25, -0.2) is 9.97 Å². The molecule has 22 heavy (non-hydrogen) atoms. The molecule has 1 aliphatic heterocycles. The summed E-state index contributed by atoms with van der Waals surface area (Å²) in [5, 5.41) is 9.02. The highest BCUT2D eigenvalue weighted by Gasteiger charge is 2.59. The molecule has 1 saturated carbocycles. The molecular weight excluding hydrogens is 272 g/mol. The molecule has 1 saturated heterocycles. The summed E-state index contributed by atoms with van der Waals surface area (Å²) in [6.45, 7) is 1.94. The van der Waals surface area contributed by atoms with E-state index in [-0.39, 0.29) is 5.41 Å². The van der Waals surface area contributed by atoms with Crippen LogP contribution in [0.1, 0.15) is 17.8 Å². The first-order valence-corrected chi connectivity index (χ1v) is 7.34. The van der Waals surface area contributed by atoms with E-state index in [0.717, 1.165) is 25.2 Å². The summed E-state index contributed by atoms with van der Waals surface area (Å²) in [7, 11) is 0. The van der Waals surface area contributed by atoms with Crippen molar-refractivity contribution in [2.45, 2.75) is 6.42 Å². The highest BCUT2D eigenvalue weighted by atomic mass is 15.2. The van der Waals surface area contributed by atoms with Crippen molar-refractivity contribution in [3.05, 3.63) is 54.1 Å². The number of aromatic nitrogens is 2. The second-order valence-electron chi connectivity index (χ2n) is 5.92. The van der Waals surface area contributed by atoms with E-state index < -0.39 is 0 Å². The fourth-order valence-corrected chi connectivity index (χ4v) is 3.19. The summed E-state index contributed by atoms with van der Waals surface area (Å²) in [6.07, 6.45) is 4.59. The standard InChI is InChI=1S/C18H14N4/c19-11-14-3-1-4-16(9-14)22-12-15-10-18(15,13-22)6-5-17-20-7-2-8-21-17/h1-4,7-9,15H,10,12-13H2. The molecule has 4 rings (SSSR count). The number of rotatable bonds is 1. The van der Waals surface area contributed by atoms with E-state index in [9.17, 15) is 0 Å². The molecular formula is C18H14N4. The van der Waals surface area contributed by atoms with E-state index in [1.165, 1.54) is 0 Å². The van der Waals surface area contributed by atoms with Crippen LogP contribution in [0.2, 0.25) is 0 Å². The summed E-state index contributed by atoms with van der Waals surface area (Å²) >= 11 is 0. The Balaban J connectivity index is 1.54. The molecule has 1 aromatic carbocycles. The van der Waals surface area contributed by atoms with Crippen molar-refractivity contribution < 1.29 is 0 Å². The van der Waals surface area contributed by atoms with Crippen molar-refractivity contribution in [3.8, 4) is 17.9 Å². The van der Waals surface area contributed by atoms with Gasteiger partial charge < -0.3 is 4.90 Å². The number of anilines is 1. The molecule has 2 unspecified atom stereocenters. The van der Waals surface area contributed by atoms with E-state index in [1.807, 2.05) is 18.2 Å². The van der Waals surface area contributed by atoms with Crippen LogP contribution in [-0.4, -0.2) is 23.1 Å². The summed E-state index contributed by atoms with van der Waals surface area (Å²) < 4.78 is 0. The van der Waals surface area contributed by atoms with Crippen LogP contribution >= 0.6 is 0 Å². The van der Waals surface area contributed by atoms with Crippen LogP contribution in [0.4, 0.5) is 5.69 Å². The Kier molecular flexibility index (Phi) is 2.84. The third kappa shape index (κ3) is 2.19. The lowest BCUT2D eigenvalue weighted by molar-refractivity contribution is 0.706. The van der Waals surface area contributed by atoms with Gasteiger partial charge in [0.25, 0.3) is 0 Å². The van der Waals surface area contributed by atoms with E-state index in [4.69, 9.17) is 5.26 Å². The molecule has 2 heterocycles. The van der Waals surface area contributed by atoms with Gasteiger partial charge in [0.05, 0.1) is 17.0 Å². The van der Waals surface area contributed by atoms with E-state index >= 15 is 0 Å². The van der Waals surface area contributed by atoms with Gasteiger partial charge in [-0.2, -0.15) is 5.26 Å². The van der Waals surface area contributed by atoms with Crippen molar-refractivity contribution in [2.75, 3.05) is 18.0 Å². The minimum absolute atomic E-state index is 0.0852. The fourth-order valence-electron chi connectivity index (χ4n) is 3.19. The summed E-state index contributed by atoms with van der Waals surface area (Å²) in [5.41, 5.74) is 1.90. The van der Waals surface area contributed by atoms with Crippen molar-refractivity contribution in [1.29, 1.82) is 5.26 Å². The van der Waals surface area contributed by atoms with Gasteiger partial charge in [0.15, 0.2) is 0 Å². The summed E-state index contributed by atoms with van der Waals surface area (Å²) in [6, 6.07) is 11.8. The average Bonchev–Trinajstić information content (AvgIpc) is 3.14. The highest BCUT2D eigenvalue weighted by Crippen LogP contribution is 2.58. The Morgan fingerprint density at radius 3 is 2.91 bits per heavy atom. The van der Waals surface area contributed by atoms with E-state index in [2.05, 4.69) is 38.8 Å². The molecule has 4 nitrogen and oxygen atoms in total. The Labute approximate surface area is 129 Å². The predicted molar refractivity (Wildman–Crippen MR) is 82.8 cm³/mol. The van der Waals surface area contributed by atoms with Crippen LogP contribution in [0, 0.1) is 34.5 Å². The number of hydrogen-bond acceptors (Lipinski definition) is 4. The summed E-state index contributed by atoms with van der Waals surface area (Å²) in [5.74, 6) is 7.72. The fraction of sp³-hybridized carbons (Fsp3) is 0.278. The molecule has 1 aliphatic carbocycles. The van der Waals surface area contributed by atoms with Crippen LogP contribution in [0.5, 0.6) is 0 Å². The second-order valence-corrected chi connectivity index (χ2v) is 5.92. The Bertz CT molecular complexity index is 812. The molecule has 0 spiro atoms. The van der Waals surface area contributed by atoms with Crippen molar-refractivity contribution in [3.63, 3.8) is 0 Å². The Morgan fingerprint density at radius 1 is 1.23 bits per heavy atom. The third-order valence-corrected chi connectivity index (χ3v) is 4.48. The number of benzene rings is 1. The molecule has 2 fully saturated rings. The van der Waals surface area contributed by atoms with Gasteiger partial charge in [0.2, 0.25) is 5.82 Å². The highest BCUT2D eigenvalue weighted by molar-refractivity contribution is 5.55. The predicted octanol–water partition coefficient (Wildman–Crippen LogP) is 2.23. The number of nitriles is 1. The van der Waals surface area contributed by atoms with Gasteiger partial charge in [0, 0.05) is 31.2 Å². The largest absolute Gasteiger partial charge is 0.370 e. The van der Waals surface area contributed by atoms with Crippen LogP contribution in [0.3, 0.4) is 0 Å². The lowest BCUT2D eigenvalue weighted by atomic mass is 10.1. The number of fused-ring (bicyclic) bond motifs is 1. The molecule has 1 aromatic heterocycles. The zero-order valence-corrected chi connectivity index (χ0v) is 12.0. The second kappa shape index (κ2) is 4.86. The van der Waals surface area contributed by atoms with Crippen molar-refractivity contribution >= 4 is 5.69 Å². The monoisotopic (exact) mass is 286 g/mol. The van der Waals surface area contributed by atoms with Gasteiger partial charge in [-0.05, 0) is 42.5 Å². The van der Waals surface area contributed by atoms with E-state index in [0.29, 0.717) is 17.3 Å². The first-order valence-electron chi connectivity index (χ1n) is 7.34. The lowest BCUT2D eigenvalue weighted by Crippen LogP contribution is -2.24. The molecule has 106 valence electrons. The molecule has 0 amide bonds. The number of hydrogen-bond donors (Lipinski definition) is 0. The number of piperidine rings is 1. The maximum absolute atomic E-state index is 9.02. The molecule has 4 heteroatoms. The average molecular weight is 286 g/mol. The SMILES string of the molecule is N#Cc1cccc(N2CC3CC3(C#Cc3ncccn3)C2)c1. The van der Waals surface area contributed by atoms with Crippen LogP contribution in [-0.2, 0) is 0 Å². The molecule has 0 bridgehead atoms. The summed E-state index contributed by atoms with van der Waals surface area (Å²) in [4.78, 5) is 10.6.